The summed E-state index contributed by atoms with van der Waals surface area (Å²) in [5.74, 6) is -3.52. The summed E-state index contributed by atoms with van der Waals surface area (Å²) in [7, 11) is 4.62. The minimum atomic E-state index is -2.91. The van der Waals surface area contributed by atoms with Gasteiger partial charge in [0.15, 0.2) is 25.2 Å². The fourth-order valence-corrected chi connectivity index (χ4v) is 18.8. The Kier molecular flexibility index (Phi) is 33.7. The Hall–Kier alpha value is -8.65. The number of rotatable bonds is 33. The Morgan fingerprint density at radius 1 is 0.570 bits per heavy atom. The second-order valence-corrected chi connectivity index (χ2v) is 41.1. The molecule has 2 fully saturated rings. The zero-order chi connectivity index (χ0) is 83.0. The van der Waals surface area contributed by atoms with Gasteiger partial charge in [0.1, 0.15) is 103 Å². The molecule has 0 radical (unpaired) electrons. The normalized spacial score (nSPS) is 21.9. The number of hydrogen-bond acceptors (Lipinski definition) is 23. The van der Waals surface area contributed by atoms with Crippen molar-refractivity contribution in [2.24, 2.45) is 11.8 Å². The number of hydrogen-bond donors (Lipinski definition) is 0. The first-order valence-corrected chi connectivity index (χ1v) is 43.9. The fourth-order valence-electron chi connectivity index (χ4n) is 13.3. The predicted octanol–water partition coefficient (Wildman–Crippen LogP) is 15.3. The van der Waals surface area contributed by atoms with Crippen LogP contribution < -0.4 is 29.3 Å². The Bertz CT molecular complexity index is 4120. The van der Waals surface area contributed by atoms with Crippen LogP contribution in [0.1, 0.15) is 129 Å². The minimum Gasteiger partial charge on any atom is -0.497 e. The molecule has 3 aliphatic rings. The molecule has 25 heteroatoms. The summed E-state index contributed by atoms with van der Waals surface area (Å²) < 4.78 is 114. The van der Waals surface area contributed by atoms with E-state index in [-0.39, 0.29) is 79.4 Å². The number of fused-ring (bicyclic) bond motifs is 2. The van der Waals surface area contributed by atoms with E-state index in [0.29, 0.717) is 33.8 Å². The van der Waals surface area contributed by atoms with E-state index in [1.165, 1.54) is 53.0 Å². The summed E-state index contributed by atoms with van der Waals surface area (Å²) in [5, 5.41) is 2.12. The van der Waals surface area contributed by atoms with Crippen molar-refractivity contribution in [3.05, 3.63) is 215 Å². The molecule has 3 aliphatic heterocycles. The highest BCUT2D eigenvalue weighted by molar-refractivity contribution is 6.99. The SMILES string of the molecule is COCOc1cc(OC)cc(/C=C/C(OCOC)[C@@H]2OC(C)(C)O[C@@H]2[C@H](/C=C\[C@@H](C)[C@H](C)O[Si](c2ccccc2)(c2ccccc2)C(C)(C)C)OC(=O)c2ccccc2)c1C(=O)OCC[Si](C)(C)C.COCOc1cc(OC)cc2c1C(=O)O[C@@H](C)[C@H](C)/C=C\C(OC(=O)c1ccccc1)[C@H]1OC(C)(C)O[C@H]1C(OCOC)/C=C/2. The van der Waals surface area contributed by atoms with E-state index in [0.717, 1.165) is 6.04 Å². The van der Waals surface area contributed by atoms with Gasteiger partial charge < -0.3 is 89.7 Å². The second-order valence-electron chi connectivity index (χ2n) is 31.2. The monoisotopic (exact) mass is 1610 g/mol. The van der Waals surface area contributed by atoms with Crippen LogP contribution in [0.3, 0.4) is 0 Å². The summed E-state index contributed by atoms with van der Waals surface area (Å²) in [6.07, 6.45) is 6.72. The van der Waals surface area contributed by atoms with Crippen molar-refractivity contribution in [1.29, 1.82) is 0 Å². The van der Waals surface area contributed by atoms with Crippen molar-refractivity contribution < 1.29 is 109 Å². The molecule has 0 spiro atoms. The van der Waals surface area contributed by atoms with Crippen LogP contribution in [-0.4, -0.2) is 189 Å². The molecular weight excluding hydrogens is 1490 g/mol. The lowest BCUT2D eigenvalue weighted by atomic mass is 9.97. The third kappa shape index (κ3) is 24.9. The highest BCUT2D eigenvalue weighted by Gasteiger charge is 2.53. The lowest BCUT2D eigenvalue weighted by Gasteiger charge is -2.45. The molecule has 3 heterocycles. The van der Waals surface area contributed by atoms with Gasteiger partial charge in [-0.05, 0) is 129 Å². The topological polar surface area (TPSA) is 244 Å². The number of ether oxygens (including phenoxy) is 18. The van der Waals surface area contributed by atoms with E-state index in [9.17, 15) is 19.2 Å². The molecule has 0 N–H and O–H groups in total. The molecule has 0 saturated carbocycles. The van der Waals surface area contributed by atoms with E-state index >= 15 is 0 Å². The number of carbonyl (C=O) groups is 4. The van der Waals surface area contributed by atoms with Crippen LogP contribution in [0.5, 0.6) is 23.0 Å². The minimum absolute atomic E-state index is 0.0733. The predicted molar refractivity (Wildman–Crippen MR) is 440 cm³/mol. The number of methoxy groups -OCH3 is 6. The third-order valence-corrected chi connectivity index (χ3v) is 26.3. The summed E-state index contributed by atoms with van der Waals surface area (Å²) in [4.78, 5) is 54.9. The van der Waals surface area contributed by atoms with E-state index in [2.05, 4.69) is 103 Å². The molecule has 0 amide bonds. The smallest absolute Gasteiger partial charge is 0.342 e. The summed E-state index contributed by atoms with van der Waals surface area (Å²) >= 11 is 0. The summed E-state index contributed by atoms with van der Waals surface area (Å²) in [6.45, 7) is 28.3. The highest BCUT2D eigenvalue weighted by atomic mass is 28.4. The first-order chi connectivity index (χ1) is 54.3. The van der Waals surface area contributed by atoms with Crippen molar-refractivity contribution in [1.82, 2.24) is 0 Å². The molecule has 9 rings (SSSR count). The number of cyclic esters (lactones) is 1. The van der Waals surface area contributed by atoms with Gasteiger partial charge in [0, 0.05) is 60.7 Å². The Labute approximate surface area is 674 Å². The average molecular weight is 1610 g/mol. The molecule has 6 aromatic carbocycles. The first kappa shape index (κ1) is 90.9. The molecule has 0 aromatic heterocycles. The van der Waals surface area contributed by atoms with Crippen LogP contribution in [0.4, 0.5) is 0 Å². The van der Waals surface area contributed by atoms with Crippen LogP contribution in [0, 0.1) is 11.8 Å². The lowest BCUT2D eigenvalue weighted by Crippen LogP contribution is -2.67. The van der Waals surface area contributed by atoms with Crippen molar-refractivity contribution in [2.45, 2.75) is 179 Å². The van der Waals surface area contributed by atoms with Crippen LogP contribution in [0.2, 0.25) is 30.7 Å². The van der Waals surface area contributed by atoms with Gasteiger partial charge in [-0.2, -0.15) is 0 Å². The number of carbonyl (C=O) groups excluding carboxylic acids is 4. The van der Waals surface area contributed by atoms with E-state index < -0.39 is 107 Å². The van der Waals surface area contributed by atoms with Gasteiger partial charge >= 0.3 is 23.9 Å². The molecule has 2 saturated heterocycles. The molecule has 6 aromatic rings. The van der Waals surface area contributed by atoms with Gasteiger partial charge in [-0.15, -0.1) is 0 Å². The molecule has 3 unspecified atom stereocenters. The van der Waals surface area contributed by atoms with Gasteiger partial charge in [0.05, 0.1) is 32.0 Å². The standard InChI is InChI=1S/C55H74O12Si2.C34H42O11/c1-39(40(2)67-69(54(3,4)5,44-25-19-15-20-26-44)45-27-21-16-22-28-45)29-31-47(64-52(56)41-23-17-14-18-24-41)51-50(65-55(6,7)66-51)46(62-37-58-8)32-30-42-35-43(60-10)36-48(63-38-59-9)49(42)53(57)61-33-34-68(11,12)13;1-21-13-15-27(43-32(35)23-11-9-8-10-12-23)31-30(44-34(3,4)45-31)26(40-19-37-5)16-14-24-17-25(39-7)18-28(41-20-38-6)29(24)33(36)42-22(21)2/h14-32,35-36,39-40,46-47,50-51H,33-34,37-38H2,1-13H3;8-18,21-22,26-27,30-31H,19-20H2,1-7H3/b31-29-,32-30+;15-13-,16-14+/t39-,40+,46?,47+,50+,51-;21-,22+,26?,27?,30+,31-/m11/s1. The van der Waals surface area contributed by atoms with E-state index in [4.69, 9.17) is 89.7 Å². The van der Waals surface area contributed by atoms with Crippen LogP contribution in [0.15, 0.2) is 182 Å². The maximum atomic E-state index is 14.0. The first-order valence-electron chi connectivity index (χ1n) is 38.3. The van der Waals surface area contributed by atoms with Crippen molar-refractivity contribution >= 4 is 62.8 Å². The molecule has 0 aliphatic carbocycles. The molecule has 618 valence electrons. The quantitative estimate of drug-likeness (QED) is 0.0122. The Morgan fingerprint density at radius 3 is 1.64 bits per heavy atom. The maximum absolute atomic E-state index is 14.0. The van der Waals surface area contributed by atoms with Gasteiger partial charge in [-0.1, -0.05) is 188 Å². The molecular formula is C89H116O23Si2. The largest absolute Gasteiger partial charge is 0.497 e. The Balaban J connectivity index is 0.000000312. The van der Waals surface area contributed by atoms with Crippen LogP contribution in [0.25, 0.3) is 12.2 Å². The zero-order valence-electron chi connectivity index (χ0n) is 69.5. The average Bonchev–Trinajstić information content (AvgIpc) is 1.58. The van der Waals surface area contributed by atoms with Crippen LogP contribution in [-0.2, 0) is 70.7 Å². The van der Waals surface area contributed by atoms with Crippen molar-refractivity contribution in [3.8, 4) is 23.0 Å². The third-order valence-electron chi connectivity index (χ3n) is 19.4. The van der Waals surface area contributed by atoms with Gasteiger partial charge in [0.25, 0.3) is 8.32 Å². The molecule has 12 atom stereocenters. The zero-order valence-corrected chi connectivity index (χ0v) is 71.5. The fraction of sp³-hybridized carbons (Fsp3) is 0.461. The van der Waals surface area contributed by atoms with Crippen LogP contribution >= 0.6 is 0 Å². The van der Waals surface area contributed by atoms with Gasteiger partial charge in [-0.25, -0.2) is 19.2 Å². The van der Waals surface area contributed by atoms with Gasteiger partial charge in [0.2, 0.25) is 0 Å². The second kappa shape index (κ2) is 42.3. The Morgan fingerprint density at radius 2 is 1.09 bits per heavy atom. The van der Waals surface area contributed by atoms with Crippen molar-refractivity contribution in [3.63, 3.8) is 0 Å². The van der Waals surface area contributed by atoms with Crippen molar-refractivity contribution in [2.75, 3.05) is 76.4 Å². The lowest BCUT2D eigenvalue weighted by molar-refractivity contribution is -0.165. The highest BCUT2D eigenvalue weighted by Crippen LogP contribution is 2.42. The molecule has 0 bridgehead atoms. The van der Waals surface area contributed by atoms with E-state index in [1.54, 1.807) is 138 Å². The molecule has 23 nitrogen and oxygen atoms in total. The number of benzene rings is 6. The summed E-state index contributed by atoms with van der Waals surface area (Å²) in [5.41, 5.74) is 2.03. The summed E-state index contributed by atoms with van der Waals surface area (Å²) in [6, 6.07) is 46.0. The maximum Gasteiger partial charge on any atom is 0.342 e. The van der Waals surface area contributed by atoms with E-state index in [1.807, 2.05) is 49.4 Å². The molecule has 114 heavy (non-hydrogen) atoms. The number of esters is 4. The van der Waals surface area contributed by atoms with Gasteiger partial charge in [-0.3, -0.25) is 0 Å².